The van der Waals surface area contributed by atoms with Crippen LogP contribution in [0.15, 0.2) is 6.07 Å². The van der Waals surface area contributed by atoms with Gasteiger partial charge in [0.25, 0.3) is 0 Å². The number of hydrogen-bond acceptors (Lipinski definition) is 5. The van der Waals surface area contributed by atoms with Crippen molar-refractivity contribution in [3.63, 3.8) is 0 Å². The second-order valence-electron chi connectivity index (χ2n) is 4.34. The van der Waals surface area contributed by atoms with Gasteiger partial charge >= 0.3 is 0 Å². The normalized spacial score (nSPS) is 23.3. The lowest BCUT2D eigenvalue weighted by atomic mass is 10.3. The van der Waals surface area contributed by atoms with Crippen molar-refractivity contribution >= 4 is 22.4 Å². The minimum atomic E-state index is 0.652. The fourth-order valence-electron chi connectivity index (χ4n) is 2.17. The molecule has 4 nitrogen and oxygen atoms in total. The molecule has 0 spiro atoms. The molecule has 0 radical (unpaired) electrons. The summed E-state index contributed by atoms with van der Waals surface area (Å²) in [7, 11) is 0. The van der Waals surface area contributed by atoms with Crippen LogP contribution in [-0.2, 0) is 0 Å². The first-order chi connectivity index (χ1) is 7.33. The maximum atomic E-state index is 5.63. The van der Waals surface area contributed by atoms with Gasteiger partial charge in [0.2, 0.25) is 0 Å². The summed E-state index contributed by atoms with van der Waals surface area (Å²) in [5.74, 6) is 0.652. The molecule has 1 aliphatic heterocycles. The molecule has 0 aromatic carbocycles. The number of piperazine rings is 1. The fourth-order valence-corrected chi connectivity index (χ4v) is 2.90. The molecule has 2 fully saturated rings. The van der Waals surface area contributed by atoms with Crippen molar-refractivity contribution in [3.05, 3.63) is 6.07 Å². The first-order valence-corrected chi connectivity index (χ1v) is 6.31. The van der Waals surface area contributed by atoms with Crippen LogP contribution in [0.2, 0.25) is 0 Å². The molecular formula is C10H16N4S. The Morgan fingerprint density at radius 2 is 2.00 bits per heavy atom. The van der Waals surface area contributed by atoms with Gasteiger partial charge in [-0.05, 0) is 24.4 Å². The highest BCUT2D eigenvalue weighted by Crippen LogP contribution is 2.29. The number of nitrogens with zero attached hydrogens (tertiary/aromatic N) is 3. The van der Waals surface area contributed by atoms with E-state index in [2.05, 4.69) is 14.2 Å². The molecule has 0 unspecified atom stereocenters. The fraction of sp³-hybridized carbons (Fsp3) is 0.700. The minimum Gasteiger partial charge on any atom is -0.383 e. The van der Waals surface area contributed by atoms with E-state index >= 15 is 0 Å². The average molecular weight is 224 g/mol. The summed E-state index contributed by atoms with van der Waals surface area (Å²) in [5, 5.41) is 1.22. The van der Waals surface area contributed by atoms with Crippen LogP contribution in [0.4, 0.5) is 10.8 Å². The lowest BCUT2D eigenvalue weighted by Crippen LogP contribution is -2.47. The highest BCUT2D eigenvalue weighted by molar-refractivity contribution is 7.10. The smallest absolute Gasteiger partial charge is 0.139 e. The van der Waals surface area contributed by atoms with Crippen LogP contribution >= 0.6 is 11.5 Å². The molecule has 1 saturated carbocycles. The zero-order valence-corrected chi connectivity index (χ0v) is 9.54. The Morgan fingerprint density at radius 3 is 2.53 bits per heavy atom. The summed E-state index contributed by atoms with van der Waals surface area (Å²) in [5.41, 5.74) is 5.63. The second-order valence-corrected chi connectivity index (χ2v) is 5.13. The van der Waals surface area contributed by atoms with Gasteiger partial charge in [-0.25, -0.2) is 0 Å². The van der Waals surface area contributed by atoms with Crippen molar-refractivity contribution in [2.24, 2.45) is 0 Å². The summed E-state index contributed by atoms with van der Waals surface area (Å²) in [4.78, 5) is 5.01. The quantitative estimate of drug-likeness (QED) is 0.814. The third kappa shape index (κ3) is 1.94. The van der Waals surface area contributed by atoms with Crippen LogP contribution < -0.4 is 10.6 Å². The zero-order valence-electron chi connectivity index (χ0n) is 8.72. The Morgan fingerprint density at radius 1 is 1.27 bits per heavy atom. The number of aromatic nitrogens is 1. The maximum absolute atomic E-state index is 5.63. The number of hydrogen-bond donors (Lipinski definition) is 1. The van der Waals surface area contributed by atoms with Gasteiger partial charge in [0.05, 0.1) is 0 Å². The zero-order chi connectivity index (χ0) is 10.3. The second kappa shape index (κ2) is 3.64. The van der Waals surface area contributed by atoms with Gasteiger partial charge in [-0.1, -0.05) is 0 Å². The molecule has 15 heavy (non-hydrogen) atoms. The van der Waals surface area contributed by atoms with Gasteiger partial charge in [0.1, 0.15) is 10.8 Å². The van der Waals surface area contributed by atoms with Crippen LogP contribution in [0, 0.1) is 0 Å². The van der Waals surface area contributed by atoms with Crippen LogP contribution in [0.25, 0.3) is 0 Å². The molecule has 0 bridgehead atoms. The van der Waals surface area contributed by atoms with Crippen LogP contribution in [0.1, 0.15) is 12.8 Å². The molecule has 1 aromatic rings. The van der Waals surface area contributed by atoms with E-state index in [4.69, 9.17) is 5.73 Å². The maximum Gasteiger partial charge on any atom is 0.139 e. The first kappa shape index (κ1) is 9.42. The summed E-state index contributed by atoms with van der Waals surface area (Å²) >= 11 is 1.51. The van der Waals surface area contributed by atoms with Gasteiger partial charge < -0.3 is 10.6 Å². The third-order valence-electron chi connectivity index (χ3n) is 3.21. The van der Waals surface area contributed by atoms with Crippen molar-refractivity contribution in [1.29, 1.82) is 0 Å². The van der Waals surface area contributed by atoms with Crippen molar-refractivity contribution in [1.82, 2.24) is 9.27 Å². The lowest BCUT2D eigenvalue weighted by Gasteiger charge is -2.35. The predicted molar refractivity (Wildman–Crippen MR) is 63.3 cm³/mol. The highest BCUT2D eigenvalue weighted by Gasteiger charge is 2.31. The molecule has 1 aliphatic carbocycles. The lowest BCUT2D eigenvalue weighted by molar-refractivity contribution is 0.248. The van der Waals surface area contributed by atoms with E-state index in [-0.39, 0.29) is 0 Å². The van der Waals surface area contributed by atoms with Gasteiger partial charge in [-0.3, -0.25) is 4.90 Å². The highest BCUT2D eigenvalue weighted by atomic mass is 32.1. The average Bonchev–Trinajstić information content (AvgIpc) is 3.02. The Balaban J connectivity index is 1.61. The molecule has 1 saturated heterocycles. The van der Waals surface area contributed by atoms with Gasteiger partial charge in [-0.15, -0.1) is 0 Å². The molecule has 0 atom stereocenters. The minimum absolute atomic E-state index is 0.652. The summed E-state index contributed by atoms with van der Waals surface area (Å²) in [6.07, 6.45) is 2.82. The molecule has 1 aromatic heterocycles. The van der Waals surface area contributed by atoms with Crippen molar-refractivity contribution in [2.45, 2.75) is 18.9 Å². The largest absolute Gasteiger partial charge is 0.383 e. The monoisotopic (exact) mass is 224 g/mol. The van der Waals surface area contributed by atoms with Crippen molar-refractivity contribution < 1.29 is 0 Å². The Kier molecular flexibility index (Phi) is 2.29. The van der Waals surface area contributed by atoms with Gasteiger partial charge in [0, 0.05) is 38.3 Å². The van der Waals surface area contributed by atoms with E-state index in [9.17, 15) is 0 Å². The topological polar surface area (TPSA) is 45.4 Å². The standard InChI is InChI=1S/C10H16N4S/c11-9-7-10(15-12-9)14-5-3-13(4-6-14)8-1-2-8/h7-8H,1-6H2,(H2,11,12). The number of anilines is 2. The molecule has 2 aliphatic rings. The van der Waals surface area contributed by atoms with Crippen LogP contribution in [0.3, 0.4) is 0 Å². The van der Waals surface area contributed by atoms with Crippen LogP contribution in [-0.4, -0.2) is 41.5 Å². The molecule has 2 heterocycles. The first-order valence-electron chi connectivity index (χ1n) is 5.54. The number of nitrogens with two attached hydrogens (primary N) is 1. The Labute approximate surface area is 93.8 Å². The third-order valence-corrected chi connectivity index (χ3v) is 4.07. The SMILES string of the molecule is Nc1cc(N2CCN(C3CC3)CC2)sn1. The Bertz CT molecular complexity index is 339. The number of rotatable bonds is 2. The molecule has 82 valence electrons. The molecule has 2 N–H and O–H groups in total. The van der Waals surface area contributed by atoms with E-state index in [1.54, 1.807) is 0 Å². The van der Waals surface area contributed by atoms with Crippen LogP contribution in [0.5, 0.6) is 0 Å². The van der Waals surface area contributed by atoms with E-state index in [1.807, 2.05) is 6.07 Å². The Hall–Kier alpha value is -0.810. The van der Waals surface area contributed by atoms with Gasteiger partial charge in [-0.2, -0.15) is 4.37 Å². The molecule has 3 rings (SSSR count). The summed E-state index contributed by atoms with van der Waals surface area (Å²) in [6.45, 7) is 4.64. The van der Waals surface area contributed by atoms with E-state index in [0.29, 0.717) is 5.82 Å². The molecular weight excluding hydrogens is 208 g/mol. The summed E-state index contributed by atoms with van der Waals surface area (Å²) < 4.78 is 4.12. The van der Waals surface area contributed by atoms with Gasteiger partial charge in [0.15, 0.2) is 0 Å². The van der Waals surface area contributed by atoms with E-state index in [0.717, 1.165) is 19.1 Å². The number of nitrogen functional groups attached to an aromatic ring is 1. The predicted octanol–water partition coefficient (Wildman–Crippen LogP) is 1.01. The molecule has 5 heteroatoms. The van der Waals surface area contributed by atoms with Crippen molar-refractivity contribution in [2.75, 3.05) is 36.8 Å². The van der Waals surface area contributed by atoms with Crippen molar-refractivity contribution in [3.8, 4) is 0 Å². The summed E-state index contributed by atoms with van der Waals surface area (Å²) in [6, 6.07) is 2.89. The molecule has 0 amide bonds. The van der Waals surface area contributed by atoms with E-state index < -0.39 is 0 Å². The van der Waals surface area contributed by atoms with E-state index in [1.165, 1.54) is 42.5 Å².